The highest BCUT2D eigenvalue weighted by Crippen LogP contribution is 2.26. The molecule has 2 heterocycles. The highest BCUT2D eigenvalue weighted by molar-refractivity contribution is 7.98. The highest BCUT2D eigenvalue weighted by Gasteiger charge is 2.14. The maximum Gasteiger partial charge on any atom is 0.247 e. The summed E-state index contributed by atoms with van der Waals surface area (Å²) in [5.74, 6) is 8.89. The lowest BCUT2D eigenvalue weighted by Crippen LogP contribution is -2.11. The fourth-order valence-electron chi connectivity index (χ4n) is 2.45. The third-order valence-corrected chi connectivity index (χ3v) is 4.75. The van der Waals surface area contributed by atoms with Gasteiger partial charge in [0.1, 0.15) is 5.75 Å². The summed E-state index contributed by atoms with van der Waals surface area (Å²) in [5, 5.41) is 17.0. The van der Waals surface area contributed by atoms with Crippen LogP contribution in [0.25, 0.3) is 22.8 Å². The minimum atomic E-state index is 0.442. The Kier molecular flexibility index (Phi) is 4.75. The number of nitrogens with two attached hydrogens (primary N) is 1. The summed E-state index contributed by atoms with van der Waals surface area (Å²) in [6.07, 6.45) is 0. The lowest BCUT2D eigenvalue weighted by atomic mass is 10.2. The first kappa shape index (κ1) is 17.1. The monoisotopic (exact) mass is 380 g/mol. The first-order valence-electron chi connectivity index (χ1n) is 8.10. The zero-order chi connectivity index (χ0) is 18.6. The lowest BCUT2D eigenvalue weighted by Gasteiger charge is -2.04. The van der Waals surface area contributed by atoms with Gasteiger partial charge in [-0.05, 0) is 36.4 Å². The lowest BCUT2D eigenvalue weighted by molar-refractivity contribution is 0.415. The molecule has 136 valence electrons. The number of benzene rings is 2. The van der Waals surface area contributed by atoms with Crippen LogP contribution in [-0.4, -0.2) is 32.2 Å². The van der Waals surface area contributed by atoms with E-state index in [4.69, 9.17) is 15.0 Å². The quantitative estimate of drug-likeness (QED) is 0.402. The van der Waals surface area contributed by atoms with Gasteiger partial charge in [0.2, 0.25) is 16.9 Å². The van der Waals surface area contributed by atoms with Gasteiger partial charge < -0.3 is 15.0 Å². The molecule has 0 fully saturated rings. The molecule has 0 aliphatic rings. The molecular weight excluding hydrogens is 364 g/mol. The van der Waals surface area contributed by atoms with Crippen molar-refractivity contribution in [2.24, 2.45) is 0 Å². The Morgan fingerprint density at radius 2 is 1.74 bits per heavy atom. The molecule has 0 radical (unpaired) electrons. The molecule has 27 heavy (non-hydrogen) atoms. The van der Waals surface area contributed by atoms with Crippen molar-refractivity contribution < 1.29 is 9.15 Å². The molecule has 0 saturated heterocycles. The third-order valence-electron chi connectivity index (χ3n) is 3.83. The number of thioether (sulfide) groups is 1. The van der Waals surface area contributed by atoms with E-state index in [1.807, 2.05) is 54.6 Å². The average Bonchev–Trinajstić information content (AvgIpc) is 3.34. The first-order chi connectivity index (χ1) is 13.2. The van der Waals surface area contributed by atoms with Crippen LogP contribution < -0.4 is 10.6 Å². The van der Waals surface area contributed by atoms with Crippen LogP contribution in [0.2, 0.25) is 0 Å². The number of aromatic nitrogens is 5. The van der Waals surface area contributed by atoms with E-state index in [1.54, 1.807) is 7.11 Å². The molecule has 2 N–H and O–H groups in total. The van der Waals surface area contributed by atoms with Gasteiger partial charge in [0.15, 0.2) is 5.82 Å². The van der Waals surface area contributed by atoms with Crippen LogP contribution in [-0.2, 0) is 5.75 Å². The Hall–Kier alpha value is -3.33. The second-order valence-corrected chi connectivity index (χ2v) is 6.50. The van der Waals surface area contributed by atoms with Crippen LogP contribution in [0.4, 0.5) is 0 Å². The van der Waals surface area contributed by atoms with Gasteiger partial charge in [0.25, 0.3) is 0 Å². The molecule has 0 spiro atoms. The van der Waals surface area contributed by atoms with Crippen molar-refractivity contribution in [1.29, 1.82) is 0 Å². The van der Waals surface area contributed by atoms with E-state index in [1.165, 1.54) is 16.4 Å². The normalized spacial score (nSPS) is 10.9. The van der Waals surface area contributed by atoms with Gasteiger partial charge in [0, 0.05) is 11.1 Å². The molecule has 0 unspecified atom stereocenters. The summed E-state index contributed by atoms with van der Waals surface area (Å²) in [6.45, 7) is 0. The van der Waals surface area contributed by atoms with Crippen molar-refractivity contribution in [2.45, 2.75) is 10.9 Å². The second kappa shape index (κ2) is 7.50. The van der Waals surface area contributed by atoms with E-state index in [-0.39, 0.29) is 0 Å². The van der Waals surface area contributed by atoms with Crippen molar-refractivity contribution in [2.75, 3.05) is 13.0 Å². The summed E-state index contributed by atoms with van der Waals surface area (Å²) in [7, 11) is 1.62. The van der Waals surface area contributed by atoms with Crippen LogP contribution in [0.15, 0.2) is 64.2 Å². The molecule has 8 nitrogen and oxygen atoms in total. The number of hydrogen-bond acceptors (Lipinski definition) is 8. The number of nitrogen functional groups attached to an aromatic ring is 1. The topological polar surface area (TPSA) is 105 Å². The Morgan fingerprint density at radius 3 is 2.48 bits per heavy atom. The van der Waals surface area contributed by atoms with E-state index in [2.05, 4.69) is 20.4 Å². The van der Waals surface area contributed by atoms with E-state index >= 15 is 0 Å². The zero-order valence-electron chi connectivity index (χ0n) is 14.4. The van der Waals surface area contributed by atoms with Gasteiger partial charge in [-0.15, -0.1) is 20.4 Å². The van der Waals surface area contributed by atoms with Gasteiger partial charge >= 0.3 is 0 Å². The summed E-state index contributed by atoms with van der Waals surface area (Å²) >= 11 is 1.38. The predicted octanol–water partition coefficient (Wildman–Crippen LogP) is 3.01. The molecule has 4 rings (SSSR count). The van der Waals surface area contributed by atoms with Crippen molar-refractivity contribution in [3.05, 3.63) is 60.5 Å². The molecule has 0 atom stereocenters. The maximum absolute atomic E-state index is 6.14. The van der Waals surface area contributed by atoms with Crippen LogP contribution in [0, 0.1) is 0 Å². The van der Waals surface area contributed by atoms with Crippen LogP contribution in [0.3, 0.4) is 0 Å². The Balaban J connectivity index is 1.46. The van der Waals surface area contributed by atoms with Gasteiger partial charge in [-0.2, -0.15) is 0 Å². The second-order valence-electron chi connectivity index (χ2n) is 5.56. The molecule has 9 heteroatoms. The van der Waals surface area contributed by atoms with Gasteiger partial charge in [-0.1, -0.05) is 30.0 Å². The molecular formula is C18H16N6O2S. The SMILES string of the molecule is COc1ccc(-c2nnc(SCc3nnc(-c4ccccc4)o3)n2N)cc1. The minimum Gasteiger partial charge on any atom is -0.497 e. The van der Waals surface area contributed by atoms with Crippen LogP contribution >= 0.6 is 11.8 Å². The molecule has 2 aromatic heterocycles. The zero-order valence-corrected chi connectivity index (χ0v) is 15.3. The largest absolute Gasteiger partial charge is 0.497 e. The predicted molar refractivity (Wildman–Crippen MR) is 101 cm³/mol. The van der Waals surface area contributed by atoms with Gasteiger partial charge in [0.05, 0.1) is 12.9 Å². The van der Waals surface area contributed by atoms with Crippen LogP contribution in [0.5, 0.6) is 5.75 Å². The molecule has 0 bridgehead atoms. The number of nitrogens with zero attached hydrogens (tertiary/aromatic N) is 5. The highest BCUT2D eigenvalue weighted by atomic mass is 32.2. The fourth-order valence-corrected chi connectivity index (χ4v) is 3.14. The number of hydrogen-bond donors (Lipinski definition) is 1. The molecule has 0 saturated carbocycles. The summed E-state index contributed by atoms with van der Waals surface area (Å²) < 4.78 is 12.3. The average molecular weight is 380 g/mol. The van der Waals surface area contributed by atoms with E-state index < -0.39 is 0 Å². The third kappa shape index (κ3) is 3.63. The van der Waals surface area contributed by atoms with E-state index in [9.17, 15) is 0 Å². The number of methoxy groups -OCH3 is 1. The van der Waals surface area contributed by atoms with E-state index in [0.29, 0.717) is 28.5 Å². The Morgan fingerprint density at radius 1 is 0.963 bits per heavy atom. The summed E-state index contributed by atoms with van der Waals surface area (Å²) in [6, 6.07) is 17.1. The first-order valence-corrected chi connectivity index (χ1v) is 9.08. The summed E-state index contributed by atoms with van der Waals surface area (Å²) in [5.41, 5.74) is 1.73. The molecule has 0 aliphatic carbocycles. The van der Waals surface area contributed by atoms with Crippen molar-refractivity contribution >= 4 is 11.8 Å². The Labute approximate surface area is 159 Å². The van der Waals surface area contributed by atoms with Gasteiger partial charge in [-0.3, -0.25) is 0 Å². The van der Waals surface area contributed by atoms with Gasteiger partial charge in [-0.25, -0.2) is 4.68 Å². The number of rotatable bonds is 6. The van der Waals surface area contributed by atoms with Crippen LogP contribution in [0.1, 0.15) is 5.89 Å². The summed E-state index contributed by atoms with van der Waals surface area (Å²) in [4.78, 5) is 0. The smallest absolute Gasteiger partial charge is 0.247 e. The van der Waals surface area contributed by atoms with E-state index in [0.717, 1.165) is 16.9 Å². The Bertz CT molecular complexity index is 1030. The fraction of sp³-hybridized carbons (Fsp3) is 0.111. The van der Waals surface area contributed by atoms with Crippen molar-refractivity contribution in [3.63, 3.8) is 0 Å². The standard InChI is InChI=1S/C18H16N6O2S/c1-25-14-9-7-12(8-10-14)16-21-23-18(24(16)19)27-11-15-20-22-17(26-15)13-5-3-2-4-6-13/h2-10H,11,19H2,1H3. The van der Waals surface area contributed by atoms with Crippen molar-refractivity contribution in [3.8, 4) is 28.6 Å². The number of ether oxygens (including phenoxy) is 1. The minimum absolute atomic E-state index is 0.442. The van der Waals surface area contributed by atoms with Crippen molar-refractivity contribution in [1.82, 2.24) is 25.1 Å². The molecule has 4 aromatic rings. The molecule has 0 aliphatic heterocycles. The maximum atomic E-state index is 6.14. The molecule has 0 amide bonds. The molecule has 2 aromatic carbocycles.